The van der Waals surface area contributed by atoms with E-state index in [1.54, 1.807) is 0 Å². The molecule has 0 spiro atoms. The van der Waals surface area contributed by atoms with Crippen LogP contribution >= 0.6 is 0 Å². The van der Waals surface area contributed by atoms with Gasteiger partial charge in [-0.1, -0.05) is 0 Å². The normalized spacial score (nSPS) is 10.1. The van der Waals surface area contributed by atoms with Crippen LogP contribution in [0.15, 0.2) is 12.3 Å². The lowest BCUT2D eigenvalue weighted by Gasteiger charge is -2.02. The van der Waals surface area contributed by atoms with E-state index in [-0.39, 0.29) is 5.69 Å². The van der Waals surface area contributed by atoms with Gasteiger partial charge in [-0.05, 0) is 13.1 Å². The van der Waals surface area contributed by atoms with Gasteiger partial charge in [0.25, 0.3) is 0 Å². The van der Waals surface area contributed by atoms with Gasteiger partial charge in [-0.2, -0.15) is 5.10 Å². The first kappa shape index (κ1) is 8.73. The lowest BCUT2D eigenvalue weighted by Crippen LogP contribution is -2.18. The van der Waals surface area contributed by atoms with Crippen molar-refractivity contribution in [2.24, 2.45) is 0 Å². The molecule has 5 heteroatoms. The van der Waals surface area contributed by atoms with Gasteiger partial charge < -0.3 is 10.4 Å². The Hall–Kier alpha value is -1.36. The molecule has 0 aliphatic heterocycles. The molecule has 0 radical (unpaired) electrons. The zero-order valence-electron chi connectivity index (χ0n) is 6.82. The van der Waals surface area contributed by atoms with Crippen molar-refractivity contribution in [2.75, 3.05) is 13.6 Å². The number of rotatable bonds is 4. The van der Waals surface area contributed by atoms with Crippen LogP contribution in [0.25, 0.3) is 0 Å². The van der Waals surface area contributed by atoms with E-state index in [9.17, 15) is 4.79 Å². The monoisotopic (exact) mass is 169 g/mol. The summed E-state index contributed by atoms with van der Waals surface area (Å²) in [5, 5.41) is 15.5. The van der Waals surface area contributed by atoms with Gasteiger partial charge in [0.1, 0.15) is 5.69 Å². The summed E-state index contributed by atoms with van der Waals surface area (Å²) < 4.78 is 1.46. The number of hydrogen-bond donors (Lipinski definition) is 2. The van der Waals surface area contributed by atoms with Crippen molar-refractivity contribution in [3.05, 3.63) is 18.0 Å². The molecule has 0 bridgehead atoms. The Bertz CT molecular complexity index is 269. The third-order valence-electron chi connectivity index (χ3n) is 1.51. The highest BCUT2D eigenvalue weighted by atomic mass is 16.4. The number of carbonyl (C=O) groups is 1. The van der Waals surface area contributed by atoms with Crippen LogP contribution in [-0.4, -0.2) is 34.4 Å². The first-order chi connectivity index (χ1) is 5.75. The molecule has 0 aromatic carbocycles. The highest BCUT2D eigenvalue weighted by Gasteiger charge is 2.08. The first-order valence-corrected chi connectivity index (χ1v) is 3.65. The minimum absolute atomic E-state index is 0.227. The maximum Gasteiger partial charge on any atom is 0.354 e. The summed E-state index contributed by atoms with van der Waals surface area (Å²) in [7, 11) is 1.81. The van der Waals surface area contributed by atoms with Crippen LogP contribution in [0.3, 0.4) is 0 Å². The van der Waals surface area contributed by atoms with Crippen LogP contribution in [0.4, 0.5) is 0 Å². The Labute approximate surface area is 70.0 Å². The minimum Gasteiger partial charge on any atom is -0.477 e. The maximum absolute atomic E-state index is 10.6. The van der Waals surface area contributed by atoms with Gasteiger partial charge in [0.2, 0.25) is 0 Å². The fraction of sp³-hybridized carbons (Fsp3) is 0.429. The minimum atomic E-state index is -0.941. The number of likely N-dealkylation sites (N-methyl/N-ethyl adjacent to an activating group) is 1. The molecule has 1 rings (SSSR count). The van der Waals surface area contributed by atoms with E-state index in [0.29, 0.717) is 13.1 Å². The molecule has 0 unspecified atom stereocenters. The molecule has 0 saturated carbocycles. The van der Waals surface area contributed by atoms with Crippen molar-refractivity contribution >= 4 is 5.97 Å². The molecule has 0 atom stereocenters. The van der Waals surface area contributed by atoms with Gasteiger partial charge in [0.05, 0.1) is 6.54 Å². The molecular formula is C7H11N3O2. The van der Waals surface area contributed by atoms with Gasteiger partial charge in [0, 0.05) is 12.7 Å². The molecular weight excluding hydrogens is 158 g/mol. The second kappa shape index (κ2) is 3.87. The van der Waals surface area contributed by atoms with Crippen LogP contribution < -0.4 is 5.32 Å². The molecule has 0 amide bonds. The first-order valence-electron chi connectivity index (χ1n) is 3.65. The van der Waals surface area contributed by atoms with E-state index in [2.05, 4.69) is 10.4 Å². The van der Waals surface area contributed by atoms with E-state index < -0.39 is 5.97 Å². The number of aromatic carboxylic acids is 1. The number of carboxylic acid groups (broad SMARTS) is 1. The summed E-state index contributed by atoms with van der Waals surface area (Å²) in [6, 6.07) is 1.48. The van der Waals surface area contributed by atoms with Gasteiger partial charge in [0.15, 0.2) is 0 Å². The maximum atomic E-state index is 10.6. The van der Waals surface area contributed by atoms with Crippen LogP contribution in [0.1, 0.15) is 10.5 Å². The van der Waals surface area contributed by atoms with Gasteiger partial charge in [-0.25, -0.2) is 4.79 Å². The Morgan fingerprint density at radius 2 is 2.58 bits per heavy atom. The van der Waals surface area contributed by atoms with E-state index in [1.165, 1.54) is 16.9 Å². The largest absolute Gasteiger partial charge is 0.477 e. The summed E-state index contributed by atoms with van der Waals surface area (Å²) in [4.78, 5) is 10.6. The summed E-state index contributed by atoms with van der Waals surface area (Å²) >= 11 is 0. The van der Waals surface area contributed by atoms with Crippen molar-refractivity contribution in [1.82, 2.24) is 15.1 Å². The highest BCUT2D eigenvalue weighted by Crippen LogP contribution is 1.97. The SMILES string of the molecule is CNCCn1nccc1C(=O)O. The Balaban J connectivity index is 2.70. The zero-order chi connectivity index (χ0) is 8.97. The summed E-state index contributed by atoms with van der Waals surface area (Å²) in [5.74, 6) is -0.941. The van der Waals surface area contributed by atoms with Gasteiger partial charge in [-0.3, -0.25) is 4.68 Å². The molecule has 1 aromatic heterocycles. The molecule has 66 valence electrons. The van der Waals surface area contributed by atoms with Gasteiger partial charge in [-0.15, -0.1) is 0 Å². The van der Waals surface area contributed by atoms with Crippen molar-refractivity contribution in [3.8, 4) is 0 Å². The highest BCUT2D eigenvalue weighted by molar-refractivity contribution is 5.85. The van der Waals surface area contributed by atoms with E-state index in [1.807, 2.05) is 7.05 Å². The number of nitrogens with one attached hydrogen (secondary N) is 1. The predicted molar refractivity (Wildman–Crippen MR) is 43.1 cm³/mol. The Morgan fingerprint density at radius 1 is 1.83 bits per heavy atom. The second-order valence-corrected chi connectivity index (χ2v) is 2.35. The fourth-order valence-corrected chi connectivity index (χ4v) is 0.910. The van der Waals surface area contributed by atoms with Crippen molar-refractivity contribution in [2.45, 2.75) is 6.54 Å². The Morgan fingerprint density at radius 3 is 3.17 bits per heavy atom. The van der Waals surface area contributed by atoms with Crippen LogP contribution in [0.2, 0.25) is 0 Å². The lowest BCUT2D eigenvalue weighted by molar-refractivity contribution is 0.0683. The van der Waals surface area contributed by atoms with Crippen LogP contribution in [0.5, 0.6) is 0 Å². The van der Waals surface area contributed by atoms with E-state index >= 15 is 0 Å². The fourth-order valence-electron chi connectivity index (χ4n) is 0.910. The number of aromatic nitrogens is 2. The average molecular weight is 169 g/mol. The standard InChI is InChI=1S/C7H11N3O2/c1-8-4-5-10-6(7(11)12)2-3-9-10/h2-3,8H,4-5H2,1H3,(H,11,12). The van der Waals surface area contributed by atoms with E-state index in [4.69, 9.17) is 5.11 Å². The smallest absolute Gasteiger partial charge is 0.354 e. The van der Waals surface area contributed by atoms with E-state index in [0.717, 1.165) is 0 Å². The number of hydrogen-bond acceptors (Lipinski definition) is 3. The van der Waals surface area contributed by atoms with Crippen LogP contribution in [-0.2, 0) is 6.54 Å². The topological polar surface area (TPSA) is 67.2 Å². The number of nitrogens with zero attached hydrogens (tertiary/aromatic N) is 2. The van der Waals surface area contributed by atoms with Crippen LogP contribution in [0, 0.1) is 0 Å². The van der Waals surface area contributed by atoms with Crippen molar-refractivity contribution in [1.29, 1.82) is 0 Å². The second-order valence-electron chi connectivity index (χ2n) is 2.35. The van der Waals surface area contributed by atoms with Crippen molar-refractivity contribution < 1.29 is 9.90 Å². The average Bonchev–Trinajstić information content (AvgIpc) is 2.48. The predicted octanol–water partition coefficient (Wildman–Crippen LogP) is -0.199. The van der Waals surface area contributed by atoms with Crippen molar-refractivity contribution in [3.63, 3.8) is 0 Å². The molecule has 2 N–H and O–H groups in total. The molecule has 0 aliphatic rings. The molecule has 5 nitrogen and oxygen atoms in total. The molecule has 0 aliphatic carbocycles. The molecule has 0 fully saturated rings. The molecule has 1 heterocycles. The third kappa shape index (κ3) is 1.82. The summed E-state index contributed by atoms with van der Waals surface area (Å²) in [6.45, 7) is 1.28. The number of carboxylic acids is 1. The lowest BCUT2D eigenvalue weighted by atomic mass is 10.4. The van der Waals surface area contributed by atoms with Gasteiger partial charge >= 0.3 is 5.97 Å². The third-order valence-corrected chi connectivity index (χ3v) is 1.51. The Kier molecular flexibility index (Phi) is 2.82. The zero-order valence-corrected chi connectivity index (χ0v) is 6.82. The summed E-state index contributed by atoms with van der Waals surface area (Å²) in [5.41, 5.74) is 0.227. The molecule has 12 heavy (non-hydrogen) atoms. The molecule has 0 saturated heterocycles. The molecule has 1 aromatic rings. The summed E-state index contributed by atoms with van der Waals surface area (Å²) in [6.07, 6.45) is 1.49. The quantitative estimate of drug-likeness (QED) is 0.655.